The van der Waals surface area contributed by atoms with E-state index in [2.05, 4.69) is 0 Å². The highest BCUT2D eigenvalue weighted by Gasteiger charge is 2.43. The van der Waals surface area contributed by atoms with E-state index >= 15 is 0 Å². The summed E-state index contributed by atoms with van der Waals surface area (Å²) in [6.07, 6.45) is 1.62. The van der Waals surface area contributed by atoms with E-state index in [1.165, 1.54) is 22.8 Å². The number of nitrogens with zero attached hydrogens (tertiary/aromatic N) is 2. The fourth-order valence-corrected chi connectivity index (χ4v) is 2.29. The van der Waals surface area contributed by atoms with Crippen molar-refractivity contribution in [1.82, 2.24) is 4.57 Å². The van der Waals surface area contributed by atoms with Gasteiger partial charge in [0.1, 0.15) is 0 Å². The van der Waals surface area contributed by atoms with Gasteiger partial charge in [0.15, 0.2) is 0 Å². The molecule has 2 rings (SSSR count). The van der Waals surface area contributed by atoms with Gasteiger partial charge < -0.3 is 4.57 Å². The molecule has 22 heavy (non-hydrogen) atoms. The topological polar surface area (TPSA) is 82.2 Å². The van der Waals surface area contributed by atoms with Crippen molar-refractivity contribution in [1.29, 1.82) is 0 Å². The molecule has 2 aromatic rings. The Labute approximate surface area is 135 Å². The van der Waals surface area contributed by atoms with Crippen molar-refractivity contribution in [2.45, 2.75) is 4.33 Å². The van der Waals surface area contributed by atoms with Gasteiger partial charge in [-0.15, -0.1) is 0 Å². The number of alkyl halides is 2. The zero-order valence-electron chi connectivity index (χ0n) is 11.3. The molecule has 0 atom stereocenters. The summed E-state index contributed by atoms with van der Waals surface area (Å²) >= 11 is 11.9. The lowest BCUT2D eigenvalue weighted by Crippen LogP contribution is -2.36. The quantitative estimate of drug-likeness (QED) is 0.275. The van der Waals surface area contributed by atoms with Crippen LogP contribution in [0.2, 0.25) is 0 Å². The number of rotatable bonds is 5. The highest BCUT2D eigenvalue weighted by Crippen LogP contribution is 2.31. The summed E-state index contributed by atoms with van der Waals surface area (Å²) in [6, 6.07) is 7.81. The lowest BCUT2D eigenvalue weighted by atomic mass is 10.0. The Kier molecular flexibility index (Phi) is 4.35. The fourth-order valence-electron chi connectivity index (χ4n) is 1.88. The first-order chi connectivity index (χ1) is 10.2. The summed E-state index contributed by atoms with van der Waals surface area (Å²) < 4.78 is -0.812. The van der Waals surface area contributed by atoms with Gasteiger partial charge in [-0.25, -0.2) is 0 Å². The maximum atomic E-state index is 12.3. The molecule has 0 spiro atoms. The van der Waals surface area contributed by atoms with Crippen LogP contribution in [0.25, 0.3) is 0 Å². The number of benzene rings is 1. The molecule has 0 saturated heterocycles. The van der Waals surface area contributed by atoms with Crippen molar-refractivity contribution in [3.8, 4) is 0 Å². The third-order valence-corrected chi connectivity index (χ3v) is 3.77. The number of ketones is 2. The standard InChI is InChI=1S/C14H10Cl2N2O4/c1-17-8-2-3-11(17)13(20)14(15,16)12(19)9-4-6-10(7-5-9)18(21)22/h2-8H,1H3. The highest BCUT2D eigenvalue weighted by molar-refractivity contribution is 6.70. The zero-order valence-corrected chi connectivity index (χ0v) is 12.8. The summed E-state index contributed by atoms with van der Waals surface area (Å²) in [6.45, 7) is 0. The van der Waals surface area contributed by atoms with E-state index in [0.29, 0.717) is 0 Å². The Morgan fingerprint density at radius 3 is 2.18 bits per heavy atom. The van der Waals surface area contributed by atoms with Crippen LogP contribution in [0, 0.1) is 10.1 Å². The van der Waals surface area contributed by atoms with Crippen molar-refractivity contribution < 1.29 is 14.5 Å². The molecule has 0 aliphatic heterocycles. The third-order valence-electron chi connectivity index (χ3n) is 3.09. The Bertz CT molecular complexity index is 750. The average molecular weight is 341 g/mol. The molecule has 114 valence electrons. The predicted molar refractivity (Wildman–Crippen MR) is 81.6 cm³/mol. The summed E-state index contributed by atoms with van der Waals surface area (Å²) in [7, 11) is 1.62. The van der Waals surface area contributed by atoms with Crippen LogP contribution < -0.4 is 0 Å². The van der Waals surface area contributed by atoms with Gasteiger partial charge in [0.05, 0.1) is 10.6 Å². The van der Waals surface area contributed by atoms with Gasteiger partial charge in [0.2, 0.25) is 15.9 Å². The lowest BCUT2D eigenvalue weighted by molar-refractivity contribution is -0.384. The van der Waals surface area contributed by atoms with Crippen molar-refractivity contribution >= 4 is 40.5 Å². The van der Waals surface area contributed by atoms with Crippen LogP contribution in [0.4, 0.5) is 5.69 Å². The fraction of sp³-hybridized carbons (Fsp3) is 0.143. The molecule has 0 saturated carbocycles. The van der Waals surface area contributed by atoms with E-state index in [-0.39, 0.29) is 16.9 Å². The lowest BCUT2D eigenvalue weighted by Gasteiger charge is -2.17. The number of carbonyl (C=O) groups excluding carboxylic acids is 2. The normalized spacial score (nSPS) is 11.2. The van der Waals surface area contributed by atoms with E-state index in [1.54, 1.807) is 19.3 Å². The largest absolute Gasteiger partial charge is 0.348 e. The molecule has 0 N–H and O–H groups in total. The van der Waals surface area contributed by atoms with Crippen molar-refractivity contribution in [2.24, 2.45) is 7.05 Å². The van der Waals surface area contributed by atoms with Gasteiger partial charge in [-0.3, -0.25) is 19.7 Å². The number of carbonyl (C=O) groups is 2. The smallest absolute Gasteiger partial charge is 0.269 e. The third kappa shape index (κ3) is 2.88. The van der Waals surface area contributed by atoms with E-state index in [1.807, 2.05) is 0 Å². The zero-order chi connectivity index (χ0) is 16.5. The summed E-state index contributed by atoms with van der Waals surface area (Å²) in [4.78, 5) is 34.6. The highest BCUT2D eigenvalue weighted by atomic mass is 35.5. The second kappa shape index (κ2) is 5.90. The Hall–Kier alpha value is -2.18. The minimum Gasteiger partial charge on any atom is -0.348 e. The van der Waals surface area contributed by atoms with Crippen molar-refractivity contribution in [3.05, 3.63) is 64.0 Å². The molecule has 0 aliphatic carbocycles. The van der Waals surface area contributed by atoms with Crippen LogP contribution in [-0.2, 0) is 7.05 Å². The van der Waals surface area contributed by atoms with E-state index in [9.17, 15) is 19.7 Å². The van der Waals surface area contributed by atoms with E-state index in [0.717, 1.165) is 12.1 Å². The van der Waals surface area contributed by atoms with Crippen LogP contribution in [0.5, 0.6) is 0 Å². The van der Waals surface area contributed by atoms with Crippen molar-refractivity contribution in [2.75, 3.05) is 0 Å². The van der Waals surface area contributed by atoms with Crippen molar-refractivity contribution in [3.63, 3.8) is 0 Å². The van der Waals surface area contributed by atoms with Gasteiger partial charge >= 0.3 is 0 Å². The molecule has 0 aliphatic rings. The number of hydrogen-bond acceptors (Lipinski definition) is 4. The number of hydrogen-bond donors (Lipinski definition) is 0. The first-order valence-corrected chi connectivity index (χ1v) is 6.84. The van der Waals surface area contributed by atoms with Gasteiger partial charge in [-0.05, 0) is 24.3 Å². The van der Waals surface area contributed by atoms with Gasteiger partial charge in [-0.2, -0.15) is 0 Å². The first-order valence-electron chi connectivity index (χ1n) is 6.08. The second-order valence-electron chi connectivity index (χ2n) is 4.54. The molecule has 1 aromatic heterocycles. The molecule has 0 bridgehead atoms. The van der Waals surface area contributed by atoms with Crippen LogP contribution in [-0.4, -0.2) is 25.4 Å². The molecule has 8 heteroatoms. The second-order valence-corrected chi connectivity index (χ2v) is 5.87. The summed E-state index contributed by atoms with van der Waals surface area (Å²) in [5, 5.41) is 10.6. The maximum absolute atomic E-state index is 12.3. The summed E-state index contributed by atoms with van der Waals surface area (Å²) in [5.41, 5.74) is 0.0125. The molecule has 0 unspecified atom stereocenters. The molecule has 0 fully saturated rings. The Morgan fingerprint density at radius 1 is 1.14 bits per heavy atom. The molecular formula is C14H10Cl2N2O4. The van der Waals surface area contributed by atoms with Gasteiger partial charge in [-0.1, -0.05) is 23.2 Å². The molecule has 1 aromatic carbocycles. The number of halogens is 2. The van der Waals surface area contributed by atoms with Crippen LogP contribution in [0.15, 0.2) is 42.6 Å². The SMILES string of the molecule is Cn1cccc1C(=O)C(Cl)(Cl)C(=O)c1ccc([N+](=O)[O-])cc1. The monoisotopic (exact) mass is 340 g/mol. The van der Waals surface area contributed by atoms with E-state index in [4.69, 9.17) is 23.2 Å². The molecule has 1 heterocycles. The first kappa shape index (κ1) is 16.2. The minimum atomic E-state index is -2.30. The molecule has 0 amide bonds. The molecule has 6 nitrogen and oxygen atoms in total. The van der Waals surface area contributed by atoms with E-state index < -0.39 is 20.8 Å². The number of non-ortho nitro benzene ring substituents is 1. The Morgan fingerprint density at radius 2 is 1.73 bits per heavy atom. The van der Waals surface area contributed by atoms with Crippen LogP contribution in [0.1, 0.15) is 20.8 Å². The number of nitro groups is 1. The van der Waals surface area contributed by atoms with Crippen LogP contribution >= 0.6 is 23.2 Å². The minimum absolute atomic E-state index is 0.0122. The Balaban J connectivity index is 2.32. The number of aryl methyl sites for hydroxylation is 1. The van der Waals surface area contributed by atoms with Gasteiger partial charge in [0, 0.05) is 30.9 Å². The number of aromatic nitrogens is 1. The average Bonchev–Trinajstić information content (AvgIpc) is 2.91. The summed E-state index contributed by atoms with van der Waals surface area (Å²) in [5.74, 6) is -1.59. The molecule has 0 radical (unpaired) electrons. The number of Topliss-reactive ketones (excluding diaryl/α,β-unsaturated/α-hetero) is 2. The van der Waals surface area contributed by atoms with Gasteiger partial charge in [0.25, 0.3) is 5.69 Å². The van der Waals surface area contributed by atoms with Crippen LogP contribution in [0.3, 0.4) is 0 Å². The number of nitro benzene ring substituents is 1. The predicted octanol–water partition coefficient (Wildman–Crippen LogP) is 3.17. The maximum Gasteiger partial charge on any atom is 0.269 e. The molecular weight excluding hydrogens is 331 g/mol.